The largest absolute Gasteiger partial charge is 0.367 e. The summed E-state index contributed by atoms with van der Waals surface area (Å²) in [6, 6.07) is 6.35. The number of hydrogen-bond acceptors (Lipinski definition) is 10. The first-order chi connectivity index (χ1) is 21.4. The number of nitrogens with one attached hydrogen (secondary N) is 1. The summed E-state index contributed by atoms with van der Waals surface area (Å²) >= 11 is 0. The van der Waals surface area contributed by atoms with Crippen molar-refractivity contribution in [1.29, 1.82) is 0 Å². The fourth-order valence-electron chi connectivity index (χ4n) is 4.87. The highest BCUT2D eigenvalue weighted by atomic mass is 32.2. The number of nitrogens with zero attached hydrogens (tertiary/aromatic N) is 8. The van der Waals surface area contributed by atoms with Crippen molar-refractivity contribution in [3.8, 4) is 11.9 Å². The van der Waals surface area contributed by atoms with Crippen LogP contribution in [-0.4, -0.2) is 78.1 Å². The maximum atomic E-state index is 13.2. The van der Waals surface area contributed by atoms with Crippen LogP contribution in [0.3, 0.4) is 0 Å². The van der Waals surface area contributed by atoms with Gasteiger partial charge in [0.2, 0.25) is 11.8 Å². The Labute approximate surface area is 264 Å². The van der Waals surface area contributed by atoms with Crippen LogP contribution in [0.25, 0.3) is 11.9 Å². The van der Waals surface area contributed by atoms with Gasteiger partial charge < -0.3 is 11.1 Å². The Kier molecular flexibility index (Phi) is 10.5. The van der Waals surface area contributed by atoms with Gasteiger partial charge >= 0.3 is 0 Å². The van der Waals surface area contributed by atoms with Crippen LogP contribution in [0, 0.1) is 27.7 Å². The van der Waals surface area contributed by atoms with Crippen molar-refractivity contribution in [2.45, 2.75) is 95.2 Å². The van der Waals surface area contributed by atoms with Crippen LogP contribution in [0.5, 0.6) is 0 Å². The molecule has 2 unspecified atom stereocenters. The molecule has 6 rings (SSSR count). The van der Waals surface area contributed by atoms with Gasteiger partial charge in [-0.25, -0.2) is 45.3 Å². The van der Waals surface area contributed by atoms with E-state index in [9.17, 15) is 26.0 Å². The van der Waals surface area contributed by atoms with Gasteiger partial charge in [-0.05, 0) is 58.7 Å². The van der Waals surface area contributed by atoms with E-state index in [1.165, 1.54) is 10.7 Å². The average Bonchev–Trinajstić information content (AvgIpc) is 3.72. The Hall–Kier alpha value is -3.99. The smallest absolute Gasteiger partial charge is 0.252 e. The van der Waals surface area contributed by atoms with Gasteiger partial charge in [0.1, 0.15) is 5.82 Å². The predicted octanol–water partition coefficient (Wildman–Crippen LogP) is 4.69. The predicted molar refractivity (Wildman–Crippen MR) is 163 cm³/mol. The van der Waals surface area contributed by atoms with E-state index < -0.39 is 21.7 Å². The topological polar surface area (TPSA) is 159 Å². The second-order valence-electron chi connectivity index (χ2n) is 11.7. The van der Waals surface area contributed by atoms with Crippen LogP contribution in [0.4, 0.5) is 23.4 Å². The van der Waals surface area contributed by atoms with E-state index in [1.807, 2.05) is 26.8 Å². The molecule has 4 aromatic heterocycles. The van der Waals surface area contributed by atoms with Gasteiger partial charge in [-0.2, -0.15) is 20.2 Å². The lowest BCUT2D eigenvalue weighted by Gasteiger charge is -2.14. The molecule has 3 N–H and O–H groups in total. The molecule has 12 nitrogen and oxygen atoms in total. The third-order valence-electron chi connectivity index (χ3n) is 7.09. The summed E-state index contributed by atoms with van der Waals surface area (Å²) in [5, 5.41) is 11.5. The van der Waals surface area contributed by atoms with Gasteiger partial charge in [0, 0.05) is 73.9 Å². The van der Waals surface area contributed by atoms with Crippen LogP contribution in [0.1, 0.15) is 61.3 Å². The van der Waals surface area contributed by atoms with E-state index in [0.717, 1.165) is 23.3 Å². The molecule has 250 valence electrons. The molecule has 2 aliphatic rings. The average molecular weight is 667 g/mol. The van der Waals surface area contributed by atoms with E-state index in [-0.39, 0.29) is 48.7 Å². The summed E-state index contributed by atoms with van der Waals surface area (Å²) in [7, 11) is -3.34. The Morgan fingerprint density at radius 1 is 0.783 bits per heavy atom. The number of anilines is 1. The van der Waals surface area contributed by atoms with Gasteiger partial charge in [0.25, 0.3) is 11.9 Å². The zero-order valence-corrected chi connectivity index (χ0v) is 27.1. The lowest BCUT2D eigenvalue weighted by Crippen LogP contribution is -2.20. The van der Waals surface area contributed by atoms with Gasteiger partial charge in [0.15, 0.2) is 14.9 Å². The van der Waals surface area contributed by atoms with Crippen LogP contribution in [0.2, 0.25) is 0 Å². The molecule has 0 bridgehead atoms. The highest BCUT2D eigenvalue weighted by Gasteiger charge is 2.39. The summed E-state index contributed by atoms with van der Waals surface area (Å²) in [6.45, 7) is 7.28. The number of alkyl halides is 4. The molecular weight excluding hydrogens is 628 g/mol. The van der Waals surface area contributed by atoms with Gasteiger partial charge in [-0.1, -0.05) is 0 Å². The standard InChI is InChI=1S/C14H17F2N5.C10H12N4O2S.C5H9F2N/c1-9-4-6-21(20-9)13-17-10(2)7-12(19-13)18-11-3-5-14(15,16)8-11;1-7-4-5-14(13-7)10-11-8(2)6-9(12-10)17(3,15)16;6-5(7)2-1-4(8)3-5/h4,6-7,11H,3,5,8H2,1-2H3,(H,17,18,19);4-6H,1-3H3;4H,1-3,8H2. The molecule has 0 aromatic carbocycles. The van der Waals surface area contributed by atoms with Crippen LogP contribution in [0.15, 0.2) is 41.7 Å². The Morgan fingerprint density at radius 3 is 1.72 bits per heavy atom. The first-order valence-corrected chi connectivity index (χ1v) is 16.5. The van der Waals surface area contributed by atoms with E-state index in [2.05, 4.69) is 35.5 Å². The van der Waals surface area contributed by atoms with E-state index >= 15 is 0 Å². The monoisotopic (exact) mass is 666 g/mol. The van der Waals surface area contributed by atoms with Crippen LogP contribution >= 0.6 is 0 Å². The van der Waals surface area contributed by atoms with Crippen molar-refractivity contribution in [3.05, 3.63) is 59.4 Å². The lowest BCUT2D eigenvalue weighted by atomic mass is 10.2. The third kappa shape index (κ3) is 10.0. The van der Waals surface area contributed by atoms with Crippen molar-refractivity contribution in [2.24, 2.45) is 5.73 Å². The number of hydrogen-bond donors (Lipinski definition) is 2. The minimum absolute atomic E-state index is 0.00755. The number of sulfone groups is 1. The second-order valence-corrected chi connectivity index (χ2v) is 13.7. The molecule has 4 heterocycles. The second kappa shape index (κ2) is 13.8. The molecular formula is C29H38F4N10O2S. The zero-order valence-electron chi connectivity index (χ0n) is 26.3. The van der Waals surface area contributed by atoms with E-state index in [1.54, 1.807) is 36.1 Å². The first kappa shape index (κ1) is 34.9. The van der Waals surface area contributed by atoms with Gasteiger partial charge in [0.05, 0.1) is 11.4 Å². The summed E-state index contributed by atoms with van der Waals surface area (Å²) in [4.78, 5) is 16.8. The van der Waals surface area contributed by atoms with E-state index in [4.69, 9.17) is 5.73 Å². The van der Waals surface area contributed by atoms with Crippen LogP contribution in [-0.2, 0) is 9.84 Å². The molecule has 0 amide bonds. The van der Waals surface area contributed by atoms with Gasteiger partial charge in [-0.3, -0.25) is 0 Å². The lowest BCUT2D eigenvalue weighted by molar-refractivity contribution is 0.00750. The minimum atomic E-state index is -3.34. The van der Waals surface area contributed by atoms with Crippen molar-refractivity contribution < 1.29 is 26.0 Å². The molecule has 17 heteroatoms. The number of halogens is 4. The number of aromatic nitrogens is 8. The first-order valence-electron chi connectivity index (χ1n) is 14.6. The Bertz CT molecular complexity index is 1760. The maximum Gasteiger partial charge on any atom is 0.252 e. The highest BCUT2D eigenvalue weighted by molar-refractivity contribution is 7.90. The normalized spacial score (nSPS) is 20.0. The van der Waals surface area contributed by atoms with Crippen molar-refractivity contribution in [2.75, 3.05) is 11.6 Å². The van der Waals surface area contributed by atoms with Crippen LogP contribution < -0.4 is 11.1 Å². The Balaban J connectivity index is 0.000000172. The number of rotatable bonds is 5. The third-order valence-corrected chi connectivity index (χ3v) is 8.06. The molecule has 2 atom stereocenters. The molecule has 2 fully saturated rings. The zero-order chi connectivity index (χ0) is 33.9. The molecule has 0 saturated heterocycles. The summed E-state index contributed by atoms with van der Waals surface area (Å²) < 4.78 is 76.6. The molecule has 0 aliphatic heterocycles. The SMILES string of the molecule is Cc1cc(NC2CCC(F)(F)C2)nc(-n2ccc(C)n2)n1.Cc1cc(S(C)(=O)=O)nc(-n2ccc(C)n2)n1.NC1CCC(F)(F)C1. The number of nitrogens with two attached hydrogens (primary N) is 1. The fraction of sp³-hybridized carbons (Fsp3) is 0.517. The molecule has 4 aromatic rings. The summed E-state index contributed by atoms with van der Waals surface area (Å²) in [5.74, 6) is -3.76. The van der Waals surface area contributed by atoms with Crippen molar-refractivity contribution in [1.82, 2.24) is 39.5 Å². The quantitative estimate of drug-likeness (QED) is 0.226. The summed E-state index contributed by atoms with van der Waals surface area (Å²) in [6.07, 6.45) is 5.16. The fourth-order valence-corrected chi connectivity index (χ4v) is 5.50. The van der Waals surface area contributed by atoms with Crippen molar-refractivity contribution in [3.63, 3.8) is 0 Å². The Morgan fingerprint density at radius 2 is 1.30 bits per heavy atom. The van der Waals surface area contributed by atoms with Gasteiger partial charge in [-0.15, -0.1) is 0 Å². The molecule has 0 spiro atoms. The molecule has 46 heavy (non-hydrogen) atoms. The highest BCUT2D eigenvalue weighted by Crippen LogP contribution is 2.36. The molecule has 0 radical (unpaired) electrons. The minimum Gasteiger partial charge on any atom is -0.367 e. The molecule has 2 aliphatic carbocycles. The maximum absolute atomic E-state index is 13.2. The summed E-state index contributed by atoms with van der Waals surface area (Å²) in [5.41, 5.74) is 8.26. The number of aryl methyl sites for hydroxylation is 4. The van der Waals surface area contributed by atoms with Crippen molar-refractivity contribution >= 4 is 15.7 Å². The van der Waals surface area contributed by atoms with E-state index in [0.29, 0.717) is 30.3 Å². The molecule has 2 saturated carbocycles.